The van der Waals surface area contributed by atoms with Gasteiger partial charge in [-0.05, 0) is 26.3 Å². The molecule has 154 valence electrons. The van der Waals surface area contributed by atoms with E-state index in [0.717, 1.165) is 0 Å². The third kappa shape index (κ3) is 15.8. The fourth-order valence-electron chi connectivity index (χ4n) is 0.893. The molecule has 5 N–H and O–H groups in total. The van der Waals surface area contributed by atoms with E-state index in [0.29, 0.717) is 12.5 Å². The summed E-state index contributed by atoms with van der Waals surface area (Å²) in [5.41, 5.74) is 4.39. The Labute approximate surface area is 152 Å². The molecule has 0 aromatic heterocycles. The second-order valence-corrected chi connectivity index (χ2v) is 7.95. The van der Waals surface area contributed by atoms with Gasteiger partial charge in [0.15, 0.2) is 6.61 Å². The fraction of sp³-hybridized carbons (Fsp3) is 0.786. The number of amides is 1. The number of nitrogens with two attached hydrogens (primary N) is 1. The van der Waals surface area contributed by atoms with Crippen LogP contribution < -0.4 is 11.1 Å². The van der Waals surface area contributed by atoms with E-state index in [9.17, 15) is 23.8 Å². The highest BCUT2D eigenvalue weighted by Crippen LogP contribution is 2.39. The topological polar surface area (TPSA) is 174 Å². The number of esters is 1. The zero-order valence-electron chi connectivity index (χ0n) is 15.7. The number of carboxylic acids is 1. The zero-order chi connectivity index (χ0) is 21.0. The molecule has 0 bridgehead atoms. The van der Waals surface area contributed by atoms with Crippen LogP contribution in [0.2, 0.25) is 0 Å². The molecule has 0 radical (unpaired) electrons. The molecule has 12 heteroatoms. The van der Waals surface area contributed by atoms with Crippen molar-refractivity contribution in [2.24, 2.45) is 11.1 Å². The Morgan fingerprint density at radius 2 is 1.73 bits per heavy atom. The average molecular weight is 400 g/mol. The first-order chi connectivity index (χ1) is 11.7. The van der Waals surface area contributed by atoms with Gasteiger partial charge in [-0.25, -0.2) is 9.59 Å². The fourth-order valence-corrected chi connectivity index (χ4v) is 1.63. The summed E-state index contributed by atoms with van der Waals surface area (Å²) in [7, 11) is -4.28. The van der Waals surface area contributed by atoms with Gasteiger partial charge in [0.25, 0.3) is 0 Å². The number of hydrogen-bond donors (Lipinski definition) is 4. The molecule has 0 heterocycles. The second kappa shape index (κ2) is 12.6. The largest absolute Gasteiger partial charge is 0.480 e. The van der Waals surface area contributed by atoms with Gasteiger partial charge in [-0.1, -0.05) is 20.8 Å². The average Bonchev–Trinajstić information content (AvgIpc) is 2.50. The highest BCUT2D eigenvalue weighted by molar-refractivity contribution is 7.52. The quantitative estimate of drug-likeness (QED) is 0.250. The van der Waals surface area contributed by atoms with Crippen molar-refractivity contribution >= 4 is 25.6 Å². The van der Waals surface area contributed by atoms with Crippen LogP contribution in [0.5, 0.6) is 0 Å². The Bertz CT molecular complexity index is 506. The number of alkyl carbamates (subject to hydrolysis) is 1. The van der Waals surface area contributed by atoms with Gasteiger partial charge >= 0.3 is 25.6 Å². The minimum absolute atomic E-state index is 0.333. The van der Waals surface area contributed by atoms with Crippen molar-refractivity contribution in [2.75, 3.05) is 19.7 Å². The minimum atomic E-state index is -4.28. The number of hydrogen-bond acceptors (Lipinski definition) is 8. The molecule has 0 rings (SSSR count). The predicted molar refractivity (Wildman–Crippen MR) is 92.3 cm³/mol. The maximum Gasteiger partial charge on any atom is 0.410 e. The lowest BCUT2D eigenvalue weighted by Crippen LogP contribution is -2.30. The van der Waals surface area contributed by atoms with E-state index < -0.39 is 50.7 Å². The van der Waals surface area contributed by atoms with E-state index >= 15 is 0 Å². The number of nitrogens with one attached hydrogen (secondary N) is 1. The first kappa shape index (κ1) is 26.5. The Hall–Kier alpha value is -1.68. The van der Waals surface area contributed by atoms with Gasteiger partial charge in [-0.2, -0.15) is 0 Å². The van der Waals surface area contributed by atoms with E-state index in [4.69, 9.17) is 15.6 Å². The molecule has 0 aliphatic heterocycles. The lowest BCUT2D eigenvalue weighted by atomic mass is 9.91. The molecule has 0 fully saturated rings. The molecule has 0 saturated heterocycles. The molecule has 26 heavy (non-hydrogen) atoms. The summed E-state index contributed by atoms with van der Waals surface area (Å²) in [6.45, 7) is 7.38. The summed E-state index contributed by atoms with van der Waals surface area (Å²) in [5.74, 6) is -1.98. The van der Waals surface area contributed by atoms with Crippen molar-refractivity contribution in [3.63, 3.8) is 0 Å². The van der Waals surface area contributed by atoms with E-state index in [-0.39, 0.29) is 0 Å². The maximum atomic E-state index is 11.5. The minimum Gasteiger partial charge on any atom is -0.480 e. The SMILES string of the molecule is CC(C)N.CCC(C)(C)C(=O)OCOC(=O)NCP(=O)(O)OCC(=O)O. The van der Waals surface area contributed by atoms with Crippen LogP contribution in [0.15, 0.2) is 0 Å². The summed E-state index contributed by atoms with van der Waals surface area (Å²) < 4.78 is 24.7. The molecule has 1 amide bonds. The third-order valence-electron chi connectivity index (χ3n) is 2.63. The molecule has 11 nitrogen and oxygen atoms in total. The van der Waals surface area contributed by atoms with Crippen molar-refractivity contribution in [1.29, 1.82) is 0 Å². The van der Waals surface area contributed by atoms with Gasteiger partial charge < -0.3 is 30.5 Å². The summed E-state index contributed by atoms with van der Waals surface area (Å²) in [6, 6.07) is 0.333. The summed E-state index contributed by atoms with van der Waals surface area (Å²) in [4.78, 5) is 42.1. The normalized spacial score (nSPS) is 13.1. The molecule has 1 atom stereocenters. The van der Waals surface area contributed by atoms with E-state index in [2.05, 4.69) is 9.26 Å². The van der Waals surface area contributed by atoms with Gasteiger partial charge in [0.1, 0.15) is 6.29 Å². The molecule has 0 aliphatic carbocycles. The van der Waals surface area contributed by atoms with Crippen LogP contribution in [0.1, 0.15) is 41.0 Å². The summed E-state index contributed by atoms with van der Waals surface area (Å²) >= 11 is 0. The number of aliphatic carboxylic acids is 1. The summed E-state index contributed by atoms with van der Waals surface area (Å²) in [5, 5.41) is 10.2. The number of carbonyl (C=O) groups is 3. The molecule has 0 aromatic carbocycles. The van der Waals surface area contributed by atoms with Crippen LogP contribution in [0.3, 0.4) is 0 Å². The van der Waals surface area contributed by atoms with Crippen molar-refractivity contribution in [1.82, 2.24) is 5.32 Å². The lowest BCUT2D eigenvalue weighted by Gasteiger charge is -2.20. The van der Waals surface area contributed by atoms with Gasteiger partial charge in [-0.15, -0.1) is 0 Å². The van der Waals surface area contributed by atoms with Crippen LogP contribution in [0.4, 0.5) is 4.79 Å². The van der Waals surface area contributed by atoms with Gasteiger partial charge in [0, 0.05) is 0 Å². The number of ether oxygens (including phenoxy) is 2. The Balaban J connectivity index is 0. The van der Waals surface area contributed by atoms with E-state index in [1.165, 1.54) is 0 Å². The van der Waals surface area contributed by atoms with Crippen molar-refractivity contribution < 1.29 is 42.9 Å². The van der Waals surface area contributed by atoms with Crippen LogP contribution >= 0.6 is 7.60 Å². The molecular weight excluding hydrogens is 371 g/mol. The Morgan fingerprint density at radius 1 is 1.23 bits per heavy atom. The number of carboxylic acid groups (broad SMARTS) is 1. The molecule has 0 aliphatic rings. The molecule has 1 unspecified atom stereocenters. The Morgan fingerprint density at radius 3 is 2.15 bits per heavy atom. The van der Waals surface area contributed by atoms with Crippen LogP contribution in [-0.4, -0.2) is 53.8 Å². The number of rotatable bonds is 9. The predicted octanol–water partition coefficient (Wildman–Crippen LogP) is 1.25. The van der Waals surface area contributed by atoms with Gasteiger partial charge in [-0.3, -0.25) is 13.9 Å². The summed E-state index contributed by atoms with van der Waals surface area (Å²) in [6.07, 6.45) is -1.42. The Kier molecular flexibility index (Phi) is 12.9. The smallest absolute Gasteiger partial charge is 0.410 e. The molecule has 0 aromatic rings. The van der Waals surface area contributed by atoms with Gasteiger partial charge in [0.2, 0.25) is 6.79 Å². The van der Waals surface area contributed by atoms with E-state index in [1.54, 1.807) is 20.8 Å². The van der Waals surface area contributed by atoms with Crippen LogP contribution in [0.25, 0.3) is 0 Å². The highest BCUT2D eigenvalue weighted by atomic mass is 31.2. The van der Waals surface area contributed by atoms with Crippen LogP contribution in [0, 0.1) is 5.41 Å². The molecule has 0 spiro atoms. The van der Waals surface area contributed by atoms with Crippen molar-refractivity contribution in [3.8, 4) is 0 Å². The van der Waals surface area contributed by atoms with Gasteiger partial charge in [0.05, 0.1) is 5.41 Å². The molecule has 0 saturated carbocycles. The molecular formula is C14H29N2O9P. The monoisotopic (exact) mass is 400 g/mol. The number of carbonyl (C=O) groups excluding carboxylic acids is 2. The van der Waals surface area contributed by atoms with Crippen molar-refractivity contribution in [3.05, 3.63) is 0 Å². The van der Waals surface area contributed by atoms with Crippen LogP contribution in [-0.2, 0) is 28.2 Å². The third-order valence-corrected chi connectivity index (χ3v) is 3.72. The van der Waals surface area contributed by atoms with E-state index in [1.807, 2.05) is 19.2 Å². The van der Waals surface area contributed by atoms with Crippen molar-refractivity contribution in [2.45, 2.75) is 47.1 Å². The first-order valence-electron chi connectivity index (χ1n) is 7.75. The second-order valence-electron chi connectivity index (χ2n) is 6.10. The highest BCUT2D eigenvalue weighted by Gasteiger charge is 2.27. The lowest BCUT2D eigenvalue weighted by molar-refractivity contribution is -0.162. The first-order valence-corrected chi connectivity index (χ1v) is 9.51. The standard InChI is InChI=1S/C11H20NO9P.C3H9N/c1-4-11(2,3)9(15)19-7-20-10(16)12-6-22(17,18)21-5-8(13)14;1-3(2)4/h4-7H2,1-3H3,(H,12,16)(H,13,14)(H,17,18);3H,4H2,1-2H3. The zero-order valence-corrected chi connectivity index (χ0v) is 16.6. The maximum absolute atomic E-state index is 11.5.